The number of hydrogen-bond acceptors (Lipinski definition) is 4. The Morgan fingerprint density at radius 3 is 2.54 bits per heavy atom. The van der Waals surface area contributed by atoms with E-state index in [-0.39, 0.29) is 11.8 Å². The number of benzene rings is 1. The monoisotopic (exact) mass is 348 g/mol. The molecular weight excluding hydrogens is 328 g/mol. The van der Waals surface area contributed by atoms with Crippen molar-refractivity contribution in [1.29, 1.82) is 0 Å². The third-order valence-electron chi connectivity index (χ3n) is 4.11. The summed E-state index contributed by atoms with van der Waals surface area (Å²) in [6.07, 6.45) is 1.06. The molecule has 0 spiro atoms. The summed E-state index contributed by atoms with van der Waals surface area (Å²) in [7, 11) is 2.05. The largest absolute Gasteiger partial charge is 0.462 e. The minimum Gasteiger partial charge on any atom is -0.462 e. The van der Waals surface area contributed by atoms with E-state index in [2.05, 4.69) is 17.0 Å². The molecule has 1 aliphatic rings. The van der Waals surface area contributed by atoms with Crippen LogP contribution in [0.4, 0.5) is 0 Å². The van der Waals surface area contributed by atoms with E-state index >= 15 is 0 Å². The van der Waals surface area contributed by atoms with Gasteiger partial charge in [-0.2, -0.15) is 0 Å². The molecule has 1 aliphatic heterocycles. The molecule has 1 saturated heterocycles. The zero-order valence-corrected chi connectivity index (χ0v) is 14.6. The molecule has 1 aromatic heterocycles. The number of rotatable bonds is 4. The van der Waals surface area contributed by atoms with Crippen molar-refractivity contribution in [2.24, 2.45) is 0 Å². The predicted molar refractivity (Wildman–Crippen MR) is 92.7 cm³/mol. The highest BCUT2D eigenvalue weighted by atomic mass is 35.5. The predicted octanol–water partition coefficient (Wildman–Crippen LogP) is 2.07. The number of amides is 1. The fraction of sp³-hybridized carbons (Fsp3) is 0.412. The molecule has 0 saturated carbocycles. The zero-order valence-electron chi connectivity index (χ0n) is 13.9. The van der Waals surface area contributed by atoms with Gasteiger partial charge in [0.2, 0.25) is 0 Å². The van der Waals surface area contributed by atoms with Gasteiger partial charge in [-0.3, -0.25) is 4.79 Å². The van der Waals surface area contributed by atoms with Crippen molar-refractivity contribution < 1.29 is 9.53 Å². The third kappa shape index (κ3) is 3.71. The average molecular weight is 349 g/mol. The Morgan fingerprint density at radius 2 is 1.88 bits per heavy atom. The molecule has 1 fully saturated rings. The first kappa shape index (κ1) is 16.8. The minimum absolute atomic E-state index is 0.0339. The maximum atomic E-state index is 12.5. The molecule has 0 aliphatic carbocycles. The van der Waals surface area contributed by atoms with Gasteiger partial charge < -0.3 is 14.5 Å². The normalized spacial score (nSPS) is 16.9. The second-order valence-corrected chi connectivity index (χ2v) is 6.36. The van der Waals surface area contributed by atoms with Crippen LogP contribution in [0.2, 0.25) is 5.02 Å². The van der Waals surface area contributed by atoms with E-state index < -0.39 is 6.10 Å². The van der Waals surface area contributed by atoms with Gasteiger partial charge in [-0.05, 0) is 26.1 Å². The van der Waals surface area contributed by atoms with Gasteiger partial charge in [-0.1, -0.05) is 29.8 Å². The Morgan fingerprint density at radius 1 is 1.21 bits per heavy atom. The summed E-state index contributed by atoms with van der Waals surface area (Å²) in [6.45, 7) is 4.92. The third-order valence-corrected chi connectivity index (χ3v) is 4.37. The van der Waals surface area contributed by atoms with E-state index in [1.807, 2.05) is 35.2 Å². The highest BCUT2D eigenvalue weighted by Crippen LogP contribution is 2.25. The van der Waals surface area contributed by atoms with Crippen LogP contribution >= 0.6 is 11.6 Å². The lowest BCUT2D eigenvalue weighted by molar-refractivity contribution is -0.139. The molecule has 24 heavy (non-hydrogen) atoms. The maximum Gasteiger partial charge on any atom is 0.263 e. The van der Waals surface area contributed by atoms with Gasteiger partial charge >= 0.3 is 0 Å². The van der Waals surface area contributed by atoms with Crippen LogP contribution in [0.15, 0.2) is 36.5 Å². The Balaban J connectivity index is 1.67. The lowest BCUT2D eigenvalue weighted by Crippen LogP contribution is -2.50. The van der Waals surface area contributed by atoms with Crippen LogP contribution in [-0.2, 0) is 4.79 Å². The highest BCUT2D eigenvalue weighted by Gasteiger charge is 2.26. The van der Waals surface area contributed by atoms with Crippen LogP contribution in [0.5, 0.6) is 5.88 Å². The first-order chi connectivity index (χ1) is 11.5. The molecule has 128 valence electrons. The summed E-state index contributed by atoms with van der Waals surface area (Å²) in [4.78, 5) is 16.5. The summed E-state index contributed by atoms with van der Waals surface area (Å²) >= 11 is 6.21. The van der Waals surface area contributed by atoms with E-state index in [4.69, 9.17) is 16.3 Å². The van der Waals surface area contributed by atoms with Crippen LogP contribution in [0.3, 0.4) is 0 Å². The number of carbonyl (C=O) groups excluding carboxylic acids is 1. The van der Waals surface area contributed by atoms with Gasteiger partial charge in [0, 0.05) is 26.2 Å². The molecule has 2 aromatic rings. The number of nitrogens with zero attached hydrogens (tertiary/aromatic N) is 4. The molecule has 0 N–H and O–H groups in total. The van der Waals surface area contributed by atoms with Crippen molar-refractivity contribution in [3.05, 3.63) is 41.6 Å². The Kier molecular flexibility index (Phi) is 5.06. The molecule has 0 unspecified atom stereocenters. The van der Waals surface area contributed by atoms with E-state index in [1.165, 1.54) is 0 Å². The number of likely N-dealkylation sites (N-methyl/N-ethyl adjacent to an activating group) is 1. The lowest BCUT2D eigenvalue weighted by atomic mass is 10.2. The number of ether oxygens (including phenoxy) is 1. The second kappa shape index (κ2) is 7.23. The highest BCUT2D eigenvalue weighted by molar-refractivity contribution is 6.31. The standard InChI is InChI=1S/C17H21ClN4O2/c1-13(17(23)21-10-8-20(2)9-11-21)24-16-15(18)12-22(19-16)14-6-4-3-5-7-14/h3-7,12-13H,8-11H2,1-2H3/t13-/m1/s1. The summed E-state index contributed by atoms with van der Waals surface area (Å²) in [5.41, 5.74) is 0.882. The Labute approximate surface area is 146 Å². The summed E-state index contributed by atoms with van der Waals surface area (Å²) in [5, 5.41) is 4.73. The van der Waals surface area contributed by atoms with Crippen LogP contribution in [-0.4, -0.2) is 64.8 Å². The molecular formula is C17H21ClN4O2. The fourth-order valence-corrected chi connectivity index (χ4v) is 2.81. The Hall–Kier alpha value is -2.05. The maximum absolute atomic E-state index is 12.5. The summed E-state index contributed by atoms with van der Waals surface area (Å²) in [5.74, 6) is 0.240. The molecule has 6 nitrogen and oxygen atoms in total. The summed E-state index contributed by atoms with van der Waals surface area (Å²) < 4.78 is 7.36. The molecule has 1 atom stereocenters. The first-order valence-electron chi connectivity index (χ1n) is 7.99. The van der Waals surface area contributed by atoms with Gasteiger partial charge in [-0.15, -0.1) is 5.10 Å². The van der Waals surface area contributed by atoms with Crippen LogP contribution in [0.1, 0.15) is 6.92 Å². The van der Waals surface area contributed by atoms with Gasteiger partial charge in [0.15, 0.2) is 6.10 Å². The number of hydrogen-bond donors (Lipinski definition) is 0. The minimum atomic E-state index is -0.620. The van der Waals surface area contributed by atoms with Crippen molar-refractivity contribution in [1.82, 2.24) is 19.6 Å². The topological polar surface area (TPSA) is 50.6 Å². The van der Waals surface area contributed by atoms with Crippen molar-refractivity contribution in [2.45, 2.75) is 13.0 Å². The first-order valence-corrected chi connectivity index (χ1v) is 8.37. The molecule has 1 amide bonds. The van der Waals surface area contributed by atoms with E-state index in [1.54, 1.807) is 17.8 Å². The number of carbonyl (C=O) groups is 1. The van der Waals surface area contributed by atoms with Crippen molar-refractivity contribution in [2.75, 3.05) is 33.2 Å². The fourth-order valence-electron chi connectivity index (χ4n) is 2.63. The number of para-hydroxylation sites is 1. The van der Waals surface area contributed by atoms with E-state index in [9.17, 15) is 4.79 Å². The number of piperazine rings is 1. The molecule has 1 aromatic carbocycles. The van der Waals surface area contributed by atoms with Crippen LogP contribution in [0.25, 0.3) is 5.69 Å². The van der Waals surface area contributed by atoms with E-state index in [0.29, 0.717) is 5.02 Å². The smallest absolute Gasteiger partial charge is 0.263 e. The molecule has 3 rings (SSSR count). The summed E-state index contributed by atoms with van der Waals surface area (Å²) in [6, 6.07) is 9.62. The average Bonchev–Trinajstić information content (AvgIpc) is 2.96. The van der Waals surface area contributed by atoms with Crippen molar-refractivity contribution in [3.8, 4) is 11.6 Å². The quantitative estimate of drug-likeness (QED) is 0.848. The molecule has 0 bridgehead atoms. The van der Waals surface area contributed by atoms with Gasteiger partial charge in [0.1, 0.15) is 5.02 Å². The van der Waals surface area contributed by atoms with Crippen LogP contribution < -0.4 is 4.74 Å². The van der Waals surface area contributed by atoms with E-state index in [0.717, 1.165) is 31.9 Å². The second-order valence-electron chi connectivity index (χ2n) is 5.95. The molecule has 0 radical (unpaired) electrons. The molecule has 2 heterocycles. The molecule has 7 heteroatoms. The zero-order chi connectivity index (χ0) is 17.1. The lowest BCUT2D eigenvalue weighted by Gasteiger charge is -2.33. The van der Waals surface area contributed by atoms with Gasteiger partial charge in [-0.25, -0.2) is 4.68 Å². The Bertz CT molecular complexity index is 696. The number of aromatic nitrogens is 2. The van der Waals surface area contributed by atoms with Gasteiger partial charge in [0.05, 0.1) is 11.9 Å². The number of halogens is 1. The van der Waals surface area contributed by atoms with Crippen molar-refractivity contribution in [3.63, 3.8) is 0 Å². The van der Waals surface area contributed by atoms with Crippen LogP contribution in [0, 0.1) is 0 Å². The SMILES string of the molecule is C[C@@H](Oc1nn(-c2ccccc2)cc1Cl)C(=O)N1CCN(C)CC1. The van der Waals surface area contributed by atoms with Crippen molar-refractivity contribution >= 4 is 17.5 Å². The van der Waals surface area contributed by atoms with Gasteiger partial charge in [0.25, 0.3) is 11.8 Å².